The standard InChI is InChI=1S/C22H25BrFNO3S/c1-13(2)12-28-22(27)20(14(3)4)29-19-11-18(17(24)10-16(19)23)25-21(26)15-8-6-5-7-9-15/h5-11,13-14,20H,12H2,1-4H3,(H,25,26). The van der Waals surface area contributed by atoms with Crippen LogP contribution in [0.5, 0.6) is 0 Å². The molecule has 1 N–H and O–H groups in total. The van der Waals surface area contributed by atoms with Crippen molar-refractivity contribution in [2.45, 2.75) is 37.8 Å². The molecule has 4 nitrogen and oxygen atoms in total. The van der Waals surface area contributed by atoms with Crippen LogP contribution >= 0.6 is 27.7 Å². The van der Waals surface area contributed by atoms with Gasteiger partial charge in [-0.15, -0.1) is 11.8 Å². The molecule has 0 radical (unpaired) electrons. The molecule has 29 heavy (non-hydrogen) atoms. The van der Waals surface area contributed by atoms with E-state index in [2.05, 4.69) is 21.2 Å². The monoisotopic (exact) mass is 481 g/mol. The van der Waals surface area contributed by atoms with Gasteiger partial charge >= 0.3 is 5.97 Å². The van der Waals surface area contributed by atoms with E-state index in [1.165, 1.54) is 23.9 Å². The van der Waals surface area contributed by atoms with Gasteiger partial charge in [0.15, 0.2) is 0 Å². The van der Waals surface area contributed by atoms with Crippen LogP contribution in [0.4, 0.5) is 10.1 Å². The first-order valence-corrected chi connectivity index (χ1v) is 11.0. The molecular weight excluding hydrogens is 457 g/mol. The molecule has 1 amide bonds. The number of thioether (sulfide) groups is 1. The molecule has 2 aromatic rings. The third-order valence-corrected chi connectivity index (χ3v) is 6.46. The predicted octanol–water partition coefficient (Wildman–Crippen LogP) is 6.16. The number of nitrogens with one attached hydrogen (secondary N) is 1. The van der Waals surface area contributed by atoms with Crippen LogP contribution in [0.3, 0.4) is 0 Å². The van der Waals surface area contributed by atoms with Crippen LogP contribution in [0.25, 0.3) is 0 Å². The quantitative estimate of drug-likeness (QED) is 0.362. The zero-order valence-corrected chi connectivity index (χ0v) is 19.3. The van der Waals surface area contributed by atoms with E-state index in [9.17, 15) is 14.0 Å². The lowest BCUT2D eigenvalue weighted by molar-refractivity contribution is -0.144. The smallest absolute Gasteiger partial charge is 0.319 e. The molecule has 0 aliphatic rings. The highest BCUT2D eigenvalue weighted by atomic mass is 79.9. The van der Waals surface area contributed by atoms with E-state index >= 15 is 0 Å². The first-order valence-electron chi connectivity index (χ1n) is 9.37. The Balaban J connectivity index is 2.22. The van der Waals surface area contributed by atoms with Gasteiger partial charge < -0.3 is 10.1 Å². The minimum atomic E-state index is -0.561. The number of ether oxygens (including phenoxy) is 1. The summed E-state index contributed by atoms with van der Waals surface area (Å²) in [6, 6.07) is 11.4. The third kappa shape index (κ3) is 6.85. The summed E-state index contributed by atoms with van der Waals surface area (Å²) < 4.78 is 20.3. The highest BCUT2D eigenvalue weighted by Crippen LogP contribution is 2.37. The highest BCUT2D eigenvalue weighted by Gasteiger charge is 2.27. The molecular formula is C22H25BrFNO3S. The van der Waals surface area contributed by atoms with Crippen LogP contribution in [0, 0.1) is 17.7 Å². The molecule has 0 saturated heterocycles. The first kappa shape index (κ1) is 23.4. The number of hydrogen-bond acceptors (Lipinski definition) is 4. The highest BCUT2D eigenvalue weighted by molar-refractivity contribution is 9.10. The van der Waals surface area contributed by atoms with Gasteiger partial charge in [-0.05, 0) is 52.0 Å². The normalized spacial score (nSPS) is 12.1. The van der Waals surface area contributed by atoms with E-state index < -0.39 is 17.0 Å². The molecule has 2 rings (SSSR count). The fraction of sp³-hybridized carbons (Fsp3) is 0.364. The van der Waals surface area contributed by atoms with E-state index in [1.807, 2.05) is 27.7 Å². The summed E-state index contributed by atoms with van der Waals surface area (Å²) in [6.07, 6.45) is 0. The van der Waals surface area contributed by atoms with E-state index in [1.54, 1.807) is 30.3 Å². The Kier molecular flexibility index (Phi) is 8.71. The van der Waals surface area contributed by atoms with E-state index in [4.69, 9.17) is 4.74 Å². The van der Waals surface area contributed by atoms with Crippen molar-refractivity contribution in [2.75, 3.05) is 11.9 Å². The Morgan fingerprint density at radius 3 is 2.38 bits per heavy atom. The van der Waals surface area contributed by atoms with Crippen molar-refractivity contribution in [3.63, 3.8) is 0 Å². The SMILES string of the molecule is CC(C)COC(=O)C(Sc1cc(NC(=O)c2ccccc2)c(F)cc1Br)C(C)C. The lowest BCUT2D eigenvalue weighted by atomic mass is 10.1. The van der Waals surface area contributed by atoms with Gasteiger partial charge in [-0.1, -0.05) is 45.9 Å². The molecule has 2 aromatic carbocycles. The fourth-order valence-electron chi connectivity index (χ4n) is 2.42. The van der Waals surface area contributed by atoms with Crippen LogP contribution in [-0.2, 0) is 9.53 Å². The zero-order valence-electron chi connectivity index (χ0n) is 16.9. The average Bonchev–Trinajstić information content (AvgIpc) is 2.67. The third-order valence-electron chi connectivity index (χ3n) is 3.96. The van der Waals surface area contributed by atoms with Gasteiger partial charge in [-0.2, -0.15) is 0 Å². The second-order valence-corrected chi connectivity index (χ2v) is 9.43. The number of rotatable bonds is 8. The van der Waals surface area contributed by atoms with Gasteiger partial charge in [0.05, 0.1) is 12.3 Å². The first-order chi connectivity index (χ1) is 13.7. The number of hydrogen-bond donors (Lipinski definition) is 1. The van der Waals surface area contributed by atoms with Crippen molar-refractivity contribution in [1.82, 2.24) is 0 Å². The van der Waals surface area contributed by atoms with Crippen molar-refractivity contribution >= 4 is 45.3 Å². The molecule has 156 valence electrons. The van der Waals surface area contributed by atoms with E-state index in [0.717, 1.165) is 0 Å². The number of carbonyl (C=O) groups excluding carboxylic acids is 2. The maximum absolute atomic E-state index is 14.4. The van der Waals surface area contributed by atoms with Gasteiger partial charge in [0.2, 0.25) is 0 Å². The van der Waals surface area contributed by atoms with Crippen molar-refractivity contribution < 1.29 is 18.7 Å². The summed E-state index contributed by atoms with van der Waals surface area (Å²) in [7, 11) is 0. The number of halogens is 2. The summed E-state index contributed by atoms with van der Waals surface area (Å²) in [5, 5.41) is 2.15. The number of amides is 1. The summed E-state index contributed by atoms with van der Waals surface area (Å²) >= 11 is 4.65. The lowest BCUT2D eigenvalue weighted by Crippen LogP contribution is -2.27. The van der Waals surface area contributed by atoms with Crippen LogP contribution in [0.15, 0.2) is 51.8 Å². The Bertz CT molecular complexity index is 859. The molecule has 0 aromatic heterocycles. The van der Waals surface area contributed by atoms with E-state index in [0.29, 0.717) is 21.5 Å². The van der Waals surface area contributed by atoms with Crippen molar-refractivity contribution in [3.05, 3.63) is 58.3 Å². The maximum Gasteiger partial charge on any atom is 0.319 e. The molecule has 7 heteroatoms. The fourth-order valence-corrected chi connectivity index (χ4v) is 4.09. The van der Waals surface area contributed by atoms with Crippen LogP contribution in [0.2, 0.25) is 0 Å². The topological polar surface area (TPSA) is 55.4 Å². The largest absolute Gasteiger partial charge is 0.465 e. The van der Waals surface area contributed by atoms with Gasteiger partial charge in [-0.25, -0.2) is 4.39 Å². The zero-order chi connectivity index (χ0) is 21.6. The molecule has 1 atom stereocenters. The molecule has 0 spiro atoms. The average molecular weight is 482 g/mol. The molecule has 0 aliphatic heterocycles. The number of carbonyl (C=O) groups is 2. The van der Waals surface area contributed by atoms with Gasteiger partial charge in [0, 0.05) is 14.9 Å². The molecule has 0 saturated carbocycles. The van der Waals surface area contributed by atoms with Crippen molar-refractivity contribution in [3.8, 4) is 0 Å². The second kappa shape index (κ2) is 10.8. The van der Waals surface area contributed by atoms with E-state index in [-0.39, 0.29) is 23.5 Å². The van der Waals surface area contributed by atoms with Crippen molar-refractivity contribution in [2.24, 2.45) is 11.8 Å². The predicted molar refractivity (Wildman–Crippen MR) is 119 cm³/mol. The molecule has 0 aliphatic carbocycles. The van der Waals surface area contributed by atoms with Crippen LogP contribution < -0.4 is 5.32 Å². The molecule has 1 unspecified atom stereocenters. The lowest BCUT2D eigenvalue weighted by Gasteiger charge is -2.21. The van der Waals surface area contributed by atoms with Crippen LogP contribution in [0.1, 0.15) is 38.1 Å². The summed E-state index contributed by atoms with van der Waals surface area (Å²) in [5.41, 5.74) is 0.490. The number of benzene rings is 2. The Morgan fingerprint density at radius 1 is 1.14 bits per heavy atom. The minimum Gasteiger partial charge on any atom is -0.465 e. The summed E-state index contributed by atoms with van der Waals surface area (Å²) in [6.45, 7) is 8.17. The van der Waals surface area contributed by atoms with Crippen molar-refractivity contribution in [1.29, 1.82) is 0 Å². The Hall–Kier alpha value is -1.86. The number of esters is 1. The molecule has 0 bridgehead atoms. The molecule has 0 heterocycles. The summed E-state index contributed by atoms with van der Waals surface area (Å²) in [4.78, 5) is 25.5. The second-order valence-electron chi connectivity index (χ2n) is 7.39. The maximum atomic E-state index is 14.4. The van der Waals surface area contributed by atoms with Gasteiger partial charge in [0.1, 0.15) is 11.1 Å². The summed E-state index contributed by atoms with van der Waals surface area (Å²) in [5.74, 6) is -1.01. The Morgan fingerprint density at radius 2 is 1.79 bits per heavy atom. The molecule has 0 fully saturated rings. The number of anilines is 1. The van der Waals surface area contributed by atoms with Gasteiger partial charge in [-0.3, -0.25) is 9.59 Å². The van der Waals surface area contributed by atoms with Gasteiger partial charge in [0.25, 0.3) is 5.91 Å². The van der Waals surface area contributed by atoms with Crippen LogP contribution in [-0.4, -0.2) is 23.7 Å². The minimum absolute atomic E-state index is 0.0129. The Labute approximate surface area is 183 Å².